The quantitative estimate of drug-likeness (QED) is 0.831. The third-order valence-electron chi connectivity index (χ3n) is 3.59. The lowest BCUT2D eigenvalue weighted by Gasteiger charge is -2.22. The van der Waals surface area contributed by atoms with E-state index in [1.54, 1.807) is 0 Å². The molecule has 1 aliphatic rings. The number of aromatic nitrogens is 2. The van der Waals surface area contributed by atoms with Crippen molar-refractivity contribution in [2.24, 2.45) is 7.05 Å². The van der Waals surface area contributed by atoms with E-state index in [4.69, 9.17) is 0 Å². The van der Waals surface area contributed by atoms with Crippen LogP contribution in [-0.2, 0) is 11.8 Å². The van der Waals surface area contributed by atoms with Gasteiger partial charge < -0.3 is 9.88 Å². The highest BCUT2D eigenvalue weighted by Crippen LogP contribution is 2.29. The van der Waals surface area contributed by atoms with E-state index in [-0.39, 0.29) is 6.04 Å². The molecule has 2 aromatic rings. The molecule has 3 heterocycles. The Morgan fingerprint density at radius 3 is 3.06 bits per heavy atom. The van der Waals surface area contributed by atoms with Crippen molar-refractivity contribution in [3.05, 3.63) is 29.6 Å². The number of nitrogens with zero attached hydrogens (tertiary/aromatic N) is 2. The second-order valence-corrected chi connectivity index (χ2v) is 5.02. The van der Waals surface area contributed by atoms with Gasteiger partial charge in [0.15, 0.2) is 0 Å². The summed E-state index contributed by atoms with van der Waals surface area (Å²) in [6, 6.07) is 4.27. The van der Waals surface area contributed by atoms with Gasteiger partial charge in [-0.25, -0.2) is 4.98 Å². The highest BCUT2D eigenvalue weighted by molar-refractivity contribution is 5.84. The topological polar surface area (TPSA) is 46.9 Å². The number of aryl methyl sites for hydroxylation is 2. The van der Waals surface area contributed by atoms with Gasteiger partial charge in [-0.2, -0.15) is 0 Å². The molecule has 1 aliphatic heterocycles. The first-order valence-electron chi connectivity index (χ1n) is 6.33. The predicted octanol–water partition coefficient (Wildman–Crippen LogP) is 1.88. The van der Waals surface area contributed by atoms with E-state index < -0.39 is 0 Å². The van der Waals surface area contributed by atoms with Gasteiger partial charge in [-0.15, -0.1) is 0 Å². The summed E-state index contributed by atoms with van der Waals surface area (Å²) < 4.78 is 2.04. The third-order valence-corrected chi connectivity index (χ3v) is 3.59. The van der Waals surface area contributed by atoms with Gasteiger partial charge in [0.05, 0.1) is 0 Å². The van der Waals surface area contributed by atoms with Crippen molar-refractivity contribution in [2.45, 2.75) is 25.8 Å². The SMILES string of the molecule is Cc1ccc2c(C3CC(=O)CCN3)cn(C)c2n1. The third kappa shape index (κ3) is 1.82. The standard InChI is InChI=1S/C14H17N3O/c1-9-3-4-11-12(8-17(2)14(11)16-9)13-7-10(18)5-6-15-13/h3-4,8,13,15H,5-7H2,1-2H3. The number of Topliss-reactive ketones (excluding diaryl/α,β-unsaturated/α-hetero) is 1. The maximum Gasteiger partial charge on any atom is 0.140 e. The fourth-order valence-electron chi connectivity index (χ4n) is 2.66. The van der Waals surface area contributed by atoms with E-state index in [0.29, 0.717) is 18.6 Å². The van der Waals surface area contributed by atoms with E-state index in [0.717, 1.165) is 23.3 Å². The minimum atomic E-state index is 0.138. The number of rotatable bonds is 1. The first-order chi connectivity index (χ1) is 8.65. The lowest BCUT2D eigenvalue weighted by atomic mass is 9.97. The number of piperidine rings is 1. The number of nitrogens with one attached hydrogen (secondary N) is 1. The van der Waals surface area contributed by atoms with Crippen LogP contribution in [0.4, 0.5) is 0 Å². The van der Waals surface area contributed by atoms with Crippen molar-refractivity contribution in [3.8, 4) is 0 Å². The predicted molar refractivity (Wildman–Crippen MR) is 70.4 cm³/mol. The molecule has 1 fully saturated rings. The molecule has 1 unspecified atom stereocenters. The normalized spacial score (nSPS) is 20.6. The van der Waals surface area contributed by atoms with Gasteiger partial charge in [0.2, 0.25) is 0 Å². The van der Waals surface area contributed by atoms with Crippen LogP contribution in [0, 0.1) is 6.92 Å². The van der Waals surface area contributed by atoms with Crippen molar-refractivity contribution in [2.75, 3.05) is 6.54 Å². The van der Waals surface area contributed by atoms with Crippen LogP contribution in [0.3, 0.4) is 0 Å². The molecule has 2 aromatic heterocycles. The summed E-state index contributed by atoms with van der Waals surface area (Å²) in [6.07, 6.45) is 3.33. The highest BCUT2D eigenvalue weighted by Gasteiger charge is 2.23. The monoisotopic (exact) mass is 243 g/mol. The second-order valence-electron chi connectivity index (χ2n) is 5.02. The van der Waals surface area contributed by atoms with E-state index in [1.165, 1.54) is 5.56 Å². The fraction of sp³-hybridized carbons (Fsp3) is 0.429. The minimum Gasteiger partial charge on any atom is -0.335 e. The van der Waals surface area contributed by atoms with E-state index >= 15 is 0 Å². The molecule has 0 bridgehead atoms. The Balaban J connectivity index is 2.09. The number of pyridine rings is 1. The summed E-state index contributed by atoms with van der Waals surface area (Å²) >= 11 is 0. The Labute approximate surface area is 106 Å². The average Bonchev–Trinajstić information content (AvgIpc) is 2.67. The van der Waals surface area contributed by atoms with Gasteiger partial charge in [-0.05, 0) is 24.6 Å². The first kappa shape index (κ1) is 11.4. The molecule has 0 radical (unpaired) electrons. The molecule has 1 saturated heterocycles. The molecule has 0 spiro atoms. The molecular weight excluding hydrogens is 226 g/mol. The molecule has 3 rings (SSSR count). The van der Waals surface area contributed by atoms with Crippen molar-refractivity contribution < 1.29 is 4.79 Å². The number of fused-ring (bicyclic) bond motifs is 1. The van der Waals surface area contributed by atoms with Crippen LogP contribution in [0.1, 0.15) is 30.1 Å². The van der Waals surface area contributed by atoms with Crippen LogP contribution >= 0.6 is 0 Å². The molecule has 1 atom stereocenters. The highest BCUT2D eigenvalue weighted by atomic mass is 16.1. The molecule has 0 amide bonds. The molecular formula is C14H17N3O. The van der Waals surface area contributed by atoms with Crippen LogP contribution < -0.4 is 5.32 Å². The Kier molecular flexibility index (Phi) is 2.67. The Morgan fingerprint density at radius 2 is 2.28 bits per heavy atom. The molecule has 0 aromatic carbocycles. The number of carbonyl (C=O) groups excluding carboxylic acids is 1. The van der Waals surface area contributed by atoms with Crippen LogP contribution in [0.5, 0.6) is 0 Å². The molecule has 0 saturated carbocycles. The molecule has 94 valence electrons. The molecule has 1 N–H and O–H groups in total. The molecule has 0 aliphatic carbocycles. The lowest BCUT2D eigenvalue weighted by Crippen LogP contribution is -2.31. The second kappa shape index (κ2) is 4.21. The van der Waals surface area contributed by atoms with Gasteiger partial charge in [0.1, 0.15) is 11.4 Å². The van der Waals surface area contributed by atoms with E-state index in [2.05, 4.69) is 22.6 Å². The van der Waals surface area contributed by atoms with Crippen molar-refractivity contribution in [1.29, 1.82) is 0 Å². The number of ketones is 1. The van der Waals surface area contributed by atoms with Crippen molar-refractivity contribution in [1.82, 2.24) is 14.9 Å². The molecule has 18 heavy (non-hydrogen) atoms. The van der Waals surface area contributed by atoms with Crippen molar-refractivity contribution in [3.63, 3.8) is 0 Å². The summed E-state index contributed by atoms with van der Waals surface area (Å²) in [7, 11) is 2.00. The number of hydrogen-bond donors (Lipinski definition) is 1. The van der Waals surface area contributed by atoms with Crippen LogP contribution in [0.15, 0.2) is 18.3 Å². The average molecular weight is 243 g/mol. The van der Waals surface area contributed by atoms with Gasteiger partial charge in [-0.1, -0.05) is 0 Å². The maximum absolute atomic E-state index is 11.6. The zero-order valence-electron chi connectivity index (χ0n) is 10.7. The first-order valence-corrected chi connectivity index (χ1v) is 6.33. The minimum absolute atomic E-state index is 0.138. The smallest absolute Gasteiger partial charge is 0.140 e. The summed E-state index contributed by atoms with van der Waals surface area (Å²) in [5.74, 6) is 0.343. The van der Waals surface area contributed by atoms with Crippen LogP contribution in [-0.4, -0.2) is 21.9 Å². The summed E-state index contributed by atoms with van der Waals surface area (Å²) in [6.45, 7) is 2.77. The van der Waals surface area contributed by atoms with Gasteiger partial charge in [0, 0.05) is 49.8 Å². The summed E-state index contributed by atoms with van der Waals surface area (Å²) in [4.78, 5) is 16.1. The fourth-order valence-corrected chi connectivity index (χ4v) is 2.66. The Bertz CT molecular complexity index is 615. The van der Waals surface area contributed by atoms with Crippen LogP contribution in [0.2, 0.25) is 0 Å². The van der Waals surface area contributed by atoms with Crippen molar-refractivity contribution >= 4 is 16.8 Å². The summed E-state index contributed by atoms with van der Waals surface area (Å²) in [5, 5.41) is 4.57. The van der Waals surface area contributed by atoms with Gasteiger partial charge >= 0.3 is 0 Å². The van der Waals surface area contributed by atoms with Gasteiger partial charge in [-0.3, -0.25) is 4.79 Å². The zero-order valence-corrected chi connectivity index (χ0v) is 10.7. The number of carbonyl (C=O) groups is 1. The lowest BCUT2D eigenvalue weighted by molar-refractivity contribution is -0.120. The maximum atomic E-state index is 11.6. The Morgan fingerprint density at radius 1 is 1.44 bits per heavy atom. The number of hydrogen-bond acceptors (Lipinski definition) is 3. The largest absolute Gasteiger partial charge is 0.335 e. The van der Waals surface area contributed by atoms with E-state index in [9.17, 15) is 4.79 Å². The summed E-state index contributed by atoms with van der Waals surface area (Å²) in [5.41, 5.74) is 3.20. The van der Waals surface area contributed by atoms with Gasteiger partial charge in [0.25, 0.3) is 0 Å². The molecule has 4 nitrogen and oxygen atoms in total. The zero-order chi connectivity index (χ0) is 12.7. The Hall–Kier alpha value is -1.68. The molecule has 4 heteroatoms. The van der Waals surface area contributed by atoms with Crippen LogP contribution in [0.25, 0.3) is 11.0 Å². The van der Waals surface area contributed by atoms with E-state index in [1.807, 2.05) is 24.6 Å².